The maximum Gasteiger partial charge on any atom is 0.408 e. The summed E-state index contributed by atoms with van der Waals surface area (Å²) in [5.41, 5.74) is 8.92. The van der Waals surface area contributed by atoms with Crippen LogP contribution in [-0.2, 0) is 17.6 Å². The Morgan fingerprint density at radius 2 is 1.46 bits per heavy atom. The van der Waals surface area contributed by atoms with Crippen LogP contribution in [0.15, 0.2) is 66.2 Å². The van der Waals surface area contributed by atoms with Gasteiger partial charge in [-0.1, -0.05) is 66.2 Å². The Balaban J connectivity index is 1.30. The third-order valence-corrected chi connectivity index (χ3v) is 10.2. The van der Waals surface area contributed by atoms with Gasteiger partial charge in [0.15, 0.2) is 0 Å². The van der Waals surface area contributed by atoms with Gasteiger partial charge in [-0.05, 0) is 92.3 Å². The van der Waals surface area contributed by atoms with Crippen LogP contribution in [0.25, 0.3) is 5.57 Å². The Hall–Kier alpha value is -4.79. The molecule has 0 aromatic heterocycles. The van der Waals surface area contributed by atoms with Gasteiger partial charge in [0, 0.05) is 37.7 Å². The highest BCUT2D eigenvalue weighted by molar-refractivity contribution is 6.04. The van der Waals surface area contributed by atoms with Gasteiger partial charge in [0.1, 0.15) is 5.75 Å². The summed E-state index contributed by atoms with van der Waals surface area (Å²) in [4.78, 5) is 43.9. The van der Waals surface area contributed by atoms with Crippen molar-refractivity contribution in [3.8, 4) is 5.75 Å². The van der Waals surface area contributed by atoms with Crippen LogP contribution in [0.2, 0.25) is 0 Å². The number of ether oxygens (including phenoxy) is 1. The fourth-order valence-electron chi connectivity index (χ4n) is 7.19. The van der Waals surface area contributed by atoms with E-state index in [2.05, 4.69) is 57.2 Å². The van der Waals surface area contributed by atoms with Crippen molar-refractivity contribution in [2.75, 3.05) is 26.2 Å². The molecule has 252 valence electrons. The van der Waals surface area contributed by atoms with E-state index in [0.29, 0.717) is 31.6 Å². The molecule has 2 N–H and O–H groups in total. The van der Waals surface area contributed by atoms with E-state index in [4.69, 9.17) is 4.74 Å². The molecule has 3 aliphatic rings. The van der Waals surface area contributed by atoms with Crippen LogP contribution in [0.5, 0.6) is 5.75 Å². The summed E-state index contributed by atoms with van der Waals surface area (Å²) < 4.78 is 6.20. The second kappa shape index (κ2) is 13.7. The van der Waals surface area contributed by atoms with Crippen molar-refractivity contribution in [3.05, 3.63) is 105 Å². The van der Waals surface area contributed by atoms with Crippen molar-refractivity contribution in [1.29, 1.82) is 0 Å². The highest BCUT2D eigenvalue weighted by Gasteiger charge is 2.49. The molecule has 48 heavy (non-hydrogen) atoms. The van der Waals surface area contributed by atoms with Gasteiger partial charge < -0.3 is 24.7 Å². The maximum absolute atomic E-state index is 14.7. The number of piperazine rings is 1. The maximum atomic E-state index is 14.7. The average Bonchev–Trinajstić information content (AvgIpc) is 3.90. The van der Waals surface area contributed by atoms with Gasteiger partial charge in [0.2, 0.25) is 0 Å². The zero-order valence-corrected chi connectivity index (χ0v) is 28.2. The highest BCUT2D eigenvalue weighted by Crippen LogP contribution is 2.41. The minimum atomic E-state index is -1.13. The molecule has 1 saturated carbocycles. The van der Waals surface area contributed by atoms with Gasteiger partial charge in [0.25, 0.3) is 5.91 Å². The lowest BCUT2D eigenvalue weighted by Gasteiger charge is -2.49. The molecule has 9 nitrogen and oxygen atoms in total. The number of hydrogen-bond donors (Lipinski definition) is 2. The summed E-state index contributed by atoms with van der Waals surface area (Å²) in [5, 5.41) is 20.2. The average molecular weight is 652 g/mol. The molecule has 2 atom stereocenters. The minimum absolute atomic E-state index is 0.0656. The number of carbonyl (C=O) groups is 3. The molecule has 2 fully saturated rings. The molecular formula is C39H45N3O6. The highest BCUT2D eigenvalue weighted by atomic mass is 16.5. The van der Waals surface area contributed by atoms with Crippen LogP contribution < -0.4 is 4.74 Å². The molecule has 6 rings (SSSR count). The number of fused-ring (bicyclic) bond motifs is 2. The molecule has 1 aliphatic carbocycles. The molecule has 0 radical (unpaired) electrons. The number of carboxylic acid groups (broad SMARTS) is 2. The molecule has 2 heterocycles. The van der Waals surface area contributed by atoms with Crippen LogP contribution in [-0.4, -0.2) is 87.4 Å². The second-order valence-corrected chi connectivity index (χ2v) is 13.6. The number of nitrogens with zero attached hydrogens (tertiary/aromatic N) is 3. The fourth-order valence-corrected chi connectivity index (χ4v) is 7.19. The van der Waals surface area contributed by atoms with Crippen LogP contribution in [0.1, 0.15) is 58.2 Å². The normalized spacial score (nSPS) is 18.9. The topological polar surface area (TPSA) is 111 Å². The quantitative estimate of drug-likeness (QED) is 0.254. The molecule has 3 aromatic carbocycles. The van der Waals surface area contributed by atoms with Crippen molar-refractivity contribution < 1.29 is 29.3 Å². The number of hydrogen-bond acceptors (Lipinski definition) is 4. The van der Waals surface area contributed by atoms with E-state index in [1.165, 1.54) is 20.9 Å². The summed E-state index contributed by atoms with van der Waals surface area (Å²) in [6.45, 7) is 9.27. The number of benzene rings is 3. The van der Waals surface area contributed by atoms with Gasteiger partial charge in [-0.25, -0.2) is 9.59 Å². The number of aryl methyl sites for hydroxylation is 3. The second-order valence-electron chi connectivity index (χ2n) is 13.6. The lowest BCUT2D eigenvalue weighted by atomic mass is 9.81. The fraction of sp³-hybridized carbons (Fsp3) is 0.410. The van der Waals surface area contributed by atoms with Crippen molar-refractivity contribution in [1.82, 2.24) is 14.7 Å². The molecular weight excluding hydrogens is 606 g/mol. The van der Waals surface area contributed by atoms with Gasteiger partial charge in [-0.2, -0.15) is 0 Å². The summed E-state index contributed by atoms with van der Waals surface area (Å²) in [7, 11) is 0. The summed E-state index contributed by atoms with van der Waals surface area (Å²) in [5.74, 6) is 0.734. The Morgan fingerprint density at radius 1 is 0.812 bits per heavy atom. The van der Waals surface area contributed by atoms with Crippen molar-refractivity contribution in [2.24, 2.45) is 0 Å². The van der Waals surface area contributed by atoms with E-state index in [9.17, 15) is 24.6 Å². The molecule has 0 spiro atoms. The van der Waals surface area contributed by atoms with E-state index < -0.39 is 24.3 Å². The van der Waals surface area contributed by atoms with E-state index >= 15 is 0 Å². The third kappa shape index (κ3) is 6.91. The molecule has 2 bridgehead atoms. The summed E-state index contributed by atoms with van der Waals surface area (Å²) in [6.07, 6.45) is 1.21. The first kappa shape index (κ1) is 33.1. The third-order valence-electron chi connectivity index (χ3n) is 10.2. The Bertz CT molecular complexity index is 1730. The first-order valence-corrected chi connectivity index (χ1v) is 16.9. The van der Waals surface area contributed by atoms with E-state index in [1.54, 1.807) is 0 Å². The van der Waals surface area contributed by atoms with Crippen LogP contribution in [0.3, 0.4) is 0 Å². The van der Waals surface area contributed by atoms with Crippen LogP contribution in [0, 0.1) is 27.7 Å². The monoisotopic (exact) mass is 651 g/mol. The molecule has 3 amide bonds. The molecule has 9 heteroatoms. The first-order valence-electron chi connectivity index (χ1n) is 16.9. The standard InChI is InChI=1S/C39H45N3O6/c1-24-5-9-28(10-6-24)17-19-41(31-15-16-31)37(43)35-33(21-32-22-40(38(44)45)23-34(35)42(32)39(46)47)30-13-11-29(12-14-30)18-20-48-36-26(3)8-7-25(2)27(36)4/h5-14,31-32,34H,15-23H2,1-4H3,(H,44,45)(H,46,47)/t32-,34-/m1/s1. The largest absolute Gasteiger partial charge is 0.493 e. The van der Waals surface area contributed by atoms with Crippen LogP contribution in [0.4, 0.5) is 9.59 Å². The molecule has 0 unspecified atom stereocenters. The number of carbonyl (C=O) groups excluding carboxylic acids is 1. The zero-order valence-electron chi connectivity index (χ0n) is 28.2. The Kier molecular flexibility index (Phi) is 9.49. The number of amides is 3. The Labute approximate surface area is 282 Å². The lowest BCUT2D eigenvalue weighted by molar-refractivity contribution is -0.128. The van der Waals surface area contributed by atoms with E-state index in [0.717, 1.165) is 52.0 Å². The lowest BCUT2D eigenvalue weighted by Crippen LogP contribution is -2.65. The van der Waals surface area contributed by atoms with Gasteiger partial charge in [-0.15, -0.1) is 0 Å². The number of rotatable bonds is 10. The minimum Gasteiger partial charge on any atom is -0.493 e. The smallest absolute Gasteiger partial charge is 0.408 e. The van der Waals surface area contributed by atoms with Crippen molar-refractivity contribution in [3.63, 3.8) is 0 Å². The van der Waals surface area contributed by atoms with Crippen LogP contribution >= 0.6 is 0 Å². The molecule has 1 saturated heterocycles. The van der Waals surface area contributed by atoms with Crippen molar-refractivity contribution >= 4 is 23.7 Å². The predicted octanol–water partition coefficient (Wildman–Crippen LogP) is 6.64. The first-order chi connectivity index (χ1) is 23.0. The molecule has 2 aliphatic heterocycles. The summed E-state index contributed by atoms with van der Waals surface area (Å²) in [6, 6.07) is 19.2. The predicted molar refractivity (Wildman–Crippen MR) is 184 cm³/mol. The van der Waals surface area contributed by atoms with E-state index in [1.807, 2.05) is 36.1 Å². The van der Waals surface area contributed by atoms with Gasteiger partial charge >= 0.3 is 12.2 Å². The SMILES string of the molecule is Cc1ccc(CCN(C(=O)C2=C(c3ccc(CCOc4c(C)ccc(C)c4C)cc3)C[C@@H]3CN(C(=O)O)C[C@H]2N3C(=O)O)C2CC2)cc1. The van der Waals surface area contributed by atoms with E-state index in [-0.39, 0.29) is 31.5 Å². The van der Waals surface area contributed by atoms with Gasteiger partial charge in [-0.3, -0.25) is 9.69 Å². The molecule has 3 aromatic rings. The zero-order chi connectivity index (χ0) is 34.1. The van der Waals surface area contributed by atoms with Gasteiger partial charge in [0.05, 0.1) is 18.7 Å². The Morgan fingerprint density at radius 3 is 2.10 bits per heavy atom. The van der Waals surface area contributed by atoms with Crippen molar-refractivity contribution in [2.45, 2.75) is 77.9 Å². The summed E-state index contributed by atoms with van der Waals surface area (Å²) >= 11 is 0.